The Morgan fingerprint density at radius 2 is 0.991 bits per heavy atom. The second kappa shape index (κ2) is 32.5. The smallest absolute Gasteiger partial charge is 0.446 e. The van der Waals surface area contributed by atoms with Crippen LogP contribution in [0.2, 0.25) is 0 Å². The molecule has 0 saturated carbocycles. The highest BCUT2D eigenvalue weighted by molar-refractivity contribution is 6.27. The number of rotatable bonds is 19. The molecule has 1 N–H and O–H groups in total. The summed E-state index contributed by atoms with van der Waals surface area (Å²) in [5, 5.41) is 33.5. The first-order valence-corrected chi connectivity index (χ1v) is 35.9. The van der Waals surface area contributed by atoms with Crippen molar-refractivity contribution >= 4 is 53.4 Å². The summed E-state index contributed by atoms with van der Waals surface area (Å²) in [4.78, 5) is 69.6. The second-order valence-corrected chi connectivity index (χ2v) is 27.8. The molecule has 4 bridgehead atoms. The van der Waals surface area contributed by atoms with E-state index in [1.165, 1.54) is 7.11 Å². The Morgan fingerprint density at radius 3 is 1.39 bits per heavy atom. The van der Waals surface area contributed by atoms with E-state index in [0.29, 0.717) is 124 Å². The number of aryl methyl sites for hydroxylation is 4. The Labute approximate surface area is 626 Å². The van der Waals surface area contributed by atoms with Gasteiger partial charge in [-0.1, -0.05) is 72.8 Å². The number of likely N-dealkylation sites (N-methyl/N-ethyl adjacent to an activating group) is 2. The van der Waals surface area contributed by atoms with Crippen LogP contribution in [0.4, 0.5) is 13.2 Å². The van der Waals surface area contributed by atoms with Crippen molar-refractivity contribution < 1.29 is 99.1 Å². The predicted molar refractivity (Wildman–Crippen MR) is 379 cm³/mol. The van der Waals surface area contributed by atoms with Crippen molar-refractivity contribution in [3.05, 3.63) is 151 Å². The fraction of sp³-hybridized carbons (Fsp3) is 0.449. The summed E-state index contributed by atoms with van der Waals surface area (Å²) >= 11 is 11.9. The number of phenols is 1. The fourth-order valence-electron chi connectivity index (χ4n) is 17.0. The van der Waals surface area contributed by atoms with E-state index in [2.05, 4.69) is 37.8 Å². The molecule has 6 aromatic rings. The van der Waals surface area contributed by atoms with Gasteiger partial charge < -0.3 is 61.9 Å². The lowest BCUT2D eigenvalue weighted by Crippen LogP contribution is -2.68. The molecule has 0 amide bonds. The van der Waals surface area contributed by atoms with Gasteiger partial charge in [0.15, 0.2) is 52.8 Å². The van der Waals surface area contributed by atoms with Crippen LogP contribution in [-0.4, -0.2) is 178 Å². The number of hydrogen-bond donors (Lipinski definition) is 1. The Bertz CT molecular complexity index is 4500. The number of hydrogen-bond acceptors (Lipinski definition) is 24. The van der Waals surface area contributed by atoms with Crippen LogP contribution in [0, 0.1) is 50.4 Å². The van der Waals surface area contributed by atoms with Crippen LogP contribution in [0.25, 0.3) is 0 Å². The minimum absolute atomic E-state index is 0.00685. The Balaban J connectivity index is 0.000000186. The lowest BCUT2D eigenvalue weighted by Gasteiger charge is -2.59. The van der Waals surface area contributed by atoms with Crippen molar-refractivity contribution in [2.24, 2.45) is 0 Å². The molecule has 0 spiro atoms. The molecule has 24 nitrogen and oxygen atoms in total. The van der Waals surface area contributed by atoms with Crippen LogP contribution in [-0.2, 0) is 76.7 Å². The first-order chi connectivity index (χ1) is 51.4. The molecule has 0 radical (unpaired) electrons. The number of alkyl halides is 5. The molecular weight excluding hydrogens is 1440 g/mol. The van der Waals surface area contributed by atoms with Gasteiger partial charge in [0.2, 0.25) is 19.9 Å². The van der Waals surface area contributed by atoms with Gasteiger partial charge in [-0.05, 0) is 114 Å². The molecule has 2 saturated heterocycles. The highest BCUT2D eigenvalue weighted by Crippen LogP contribution is 2.61. The van der Waals surface area contributed by atoms with Gasteiger partial charge >= 0.3 is 30.1 Å². The van der Waals surface area contributed by atoms with Crippen molar-refractivity contribution in [2.45, 2.75) is 146 Å². The number of piperazine rings is 2. The van der Waals surface area contributed by atoms with Crippen molar-refractivity contribution in [3.8, 4) is 69.6 Å². The standard InChI is InChI=1S/C39H42ClN3O9.C37H38ClN3O8.C2HF3O/c1-21-13-24-14-26-28(17-41)43-27(34(42(26)3)32(24)38(35(21)47-5)49-19-46-4)15-25-33(29(43)18-48-30(44)12-11-23-9-7-6-8-10-23)39-37(50-20-51-39)22(2)36(25)52-31(45)16-40;1-19-12-22-13-24-26(16-39)41-25(32(40(24)3)30(22)33(44)34(19)45-4)14-23-31(27(41)17-46-28(42)11-10-21-8-6-5-7-9-21)37-36(47-18-48-37)20(2)35(23)49-29(43)15-38;3-2(4,5)1-6/h6-10,13,26-29,34H,11-12,14-16,18-20H2,1-5H3;5-9,12,24-27,32,44H,10-11,13-15,17-18H2,1-4H3;1H/t26-,27?,28-,29-,34-;24-,25?,26-,27-,32-;/m00./s1. The number of esters is 4. The minimum atomic E-state index is -4.64. The zero-order chi connectivity index (χ0) is 76.4. The number of aromatic hydroxyl groups is 1. The number of phenolic OH excluding ortho intramolecular Hbond substituents is 1. The number of nitriles is 2. The monoisotopic (exact) mass is 1520 g/mol. The van der Waals surface area contributed by atoms with Crippen molar-refractivity contribution in [2.75, 3.05) is 80.8 Å². The van der Waals surface area contributed by atoms with Gasteiger partial charge in [-0.3, -0.25) is 43.6 Å². The summed E-state index contributed by atoms with van der Waals surface area (Å²) in [5.74, 6) is 1.42. The van der Waals surface area contributed by atoms with Crippen molar-refractivity contribution in [1.82, 2.24) is 19.6 Å². The summed E-state index contributed by atoms with van der Waals surface area (Å²) < 4.78 is 102. The number of fused-ring (bicyclic) bond motifs is 18. The summed E-state index contributed by atoms with van der Waals surface area (Å²) in [6, 6.07) is 24.3. The summed E-state index contributed by atoms with van der Waals surface area (Å²) in [7, 11) is 8.71. The summed E-state index contributed by atoms with van der Waals surface area (Å²) in [6.07, 6.45) is -2.54. The topological polar surface area (TPSA) is 277 Å². The third-order valence-electron chi connectivity index (χ3n) is 21.3. The Hall–Kier alpha value is -9.58. The quantitative estimate of drug-likeness (QED) is 0.0259. The predicted octanol–water partition coefficient (Wildman–Crippen LogP) is 10.7. The number of nitrogens with zero attached hydrogens (tertiary/aromatic N) is 6. The number of aldehydes is 1. The average Bonchev–Trinajstić information content (AvgIpc) is 1.42. The number of carbonyl (C=O) groups is 5. The molecule has 8 aliphatic heterocycles. The zero-order valence-electron chi connectivity index (χ0n) is 60.3. The summed E-state index contributed by atoms with van der Waals surface area (Å²) in [6.45, 7) is 7.25. The largest absolute Gasteiger partial charge is 0.504 e. The maximum Gasteiger partial charge on any atom is 0.446 e. The van der Waals surface area contributed by atoms with Crippen LogP contribution in [0.1, 0.15) is 115 Å². The van der Waals surface area contributed by atoms with E-state index >= 15 is 0 Å². The average molecular weight is 1520 g/mol. The number of methoxy groups -OCH3 is 3. The number of ether oxygens (including phenoxy) is 12. The van der Waals surface area contributed by atoms with Gasteiger partial charge in [0.05, 0.1) is 50.5 Å². The first kappa shape index (κ1) is 77.0. The maximum atomic E-state index is 13.4. The fourth-order valence-corrected chi connectivity index (χ4v) is 17.2. The van der Waals surface area contributed by atoms with Crippen LogP contribution < -0.4 is 42.6 Å². The van der Waals surface area contributed by atoms with Crippen LogP contribution in [0.15, 0.2) is 72.8 Å². The molecule has 29 heteroatoms. The van der Waals surface area contributed by atoms with Crippen LogP contribution >= 0.6 is 23.2 Å². The maximum absolute atomic E-state index is 13.4. The molecular formula is C78H81Cl2F3N6O18. The summed E-state index contributed by atoms with van der Waals surface area (Å²) in [5.41, 5.74) is 11.3. The molecule has 0 aliphatic carbocycles. The van der Waals surface area contributed by atoms with E-state index in [-0.39, 0.29) is 106 Å². The van der Waals surface area contributed by atoms with Gasteiger partial charge in [-0.15, -0.1) is 23.2 Å². The zero-order valence-corrected chi connectivity index (χ0v) is 61.9. The molecule has 10 atom stereocenters. The molecule has 0 aromatic heterocycles. The van der Waals surface area contributed by atoms with Gasteiger partial charge in [0.1, 0.15) is 48.6 Å². The minimum Gasteiger partial charge on any atom is -0.504 e. The highest BCUT2D eigenvalue weighted by atomic mass is 35.5. The lowest BCUT2D eigenvalue weighted by atomic mass is 9.71. The van der Waals surface area contributed by atoms with Crippen LogP contribution in [0.3, 0.4) is 0 Å². The first-order valence-electron chi connectivity index (χ1n) is 34.8. The molecule has 2 fully saturated rings. The van der Waals surface area contributed by atoms with Gasteiger partial charge in [0, 0.05) is 88.6 Å². The third kappa shape index (κ3) is 14.7. The molecule has 8 aliphatic rings. The number of carbonyl (C=O) groups excluding carboxylic acids is 5. The second-order valence-electron chi connectivity index (χ2n) is 27.2. The molecule has 566 valence electrons. The van der Waals surface area contributed by atoms with Crippen molar-refractivity contribution in [3.63, 3.8) is 0 Å². The SMILES string of the molecule is COCOc1c(OC)c(C)cc2c1[C@@H]1C3Cc4c(OC(=O)CCl)c(C)c5c(c4[C@H](COC(=O)CCc4ccccc4)N3[C@@H](C#N)[C@H](C2)N1C)OCO5.COc1c(C)cc2c(c1O)[C@@H]1C3Cc4c(OC(=O)CCl)c(C)c5c(c4[C@H](COC(=O)CCc4ccccc4)N3[C@@H](C#N)[C@H](C2)N1C)OCO5.O=CC(F)(F)F. The van der Waals surface area contributed by atoms with Gasteiger partial charge in [0.25, 0.3) is 0 Å². The normalized spacial score (nSPS) is 22.4. The van der Waals surface area contributed by atoms with E-state index in [9.17, 15) is 48.0 Å². The van der Waals surface area contributed by atoms with Crippen molar-refractivity contribution in [1.29, 1.82) is 10.5 Å². The Morgan fingerprint density at radius 1 is 0.579 bits per heavy atom. The number of benzene rings is 6. The highest BCUT2D eigenvalue weighted by Gasteiger charge is 2.60. The Kier molecular flexibility index (Phi) is 23.4. The van der Waals surface area contributed by atoms with E-state index in [1.807, 2.05) is 102 Å². The van der Waals surface area contributed by atoms with E-state index < -0.39 is 54.6 Å². The van der Waals surface area contributed by atoms with E-state index in [1.54, 1.807) is 21.1 Å². The van der Waals surface area contributed by atoms with E-state index in [4.69, 9.17) is 84.8 Å². The number of halogens is 5. The van der Waals surface area contributed by atoms with E-state index in [0.717, 1.165) is 44.5 Å². The van der Waals surface area contributed by atoms with Gasteiger partial charge in [-0.2, -0.15) is 23.7 Å². The molecule has 107 heavy (non-hydrogen) atoms. The molecule has 8 heterocycles. The van der Waals surface area contributed by atoms with Crippen LogP contribution in [0.5, 0.6) is 57.5 Å². The van der Waals surface area contributed by atoms with Gasteiger partial charge in [-0.25, -0.2) is 0 Å². The molecule has 2 unspecified atom stereocenters. The molecule has 6 aromatic carbocycles. The third-order valence-corrected chi connectivity index (χ3v) is 21.8. The molecule has 14 rings (SSSR count). The lowest BCUT2D eigenvalue weighted by molar-refractivity contribution is -0.156.